The Kier molecular flexibility index (Phi) is 5.88. The summed E-state index contributed by atoms with van der Waals surface area (Å²) in [7, 11) is 0. The van der Waals surface area contributed by atoms with Crippen LogP contribution in [-0.2, 0) is 14.3 Å². The van der Waals surface area contributed by atoms with E-state index in [1.54, 1.807) is 19.1 Å². The van der Waals surface area contributed by atoms with E-state index in [-0.39, 0.29) is 29.4 Å². The van der Waals surface area contributed by atoms with Gasteiger partial charge in [-0.3, -0.25) is 4.79 Å². The van der Waals surface area contributed by atoms with Gasteiger partial charge in [0.15, 0.2) is 12.7 Å². The fourth-order valence-electron chi connectivity index (χ4n) is 4.89. The van der Waals surface area contributed by atoms with Crippen molar-refractivity contribution in [3.8, 4) is 5.75 Å². The number of benzene rings is 1. The van der Waals surface area contributed by atoms with Crippen molar-refractivity contribution < 1.29 is 19.1 Å². The number of carbonyl (C=O) groups is 2. The lowest BCUT2D eigenvalue weighted by Crippen LogP contribution is -2.40. The van der Waals surface area contributed by atoms with Crippen LogP contribution in [0.3, 0.4) is 0 Å². The molecule has 3 atom stereocenters. The third-order valence-electron chi connectivity index (χ3n) is 5.60. The lowest BCUT2D eigenvalue weighted by Gasteiger charge is -2.39. The monoisotopic (exact) mass is 427 g/mol. The number of amides is 1. The molecule has 0 N–H and O–H groups in total. The number of rotatable bonds is 5. The van der Waals surface area contributed by atoms with Gasteiger partial charge in [0.05, 0.1) is 5.02 Å². The molecule has 1 saturated carbocycles. The number of esters is 1. The van der Waals surface area contributed by atoms with Crippen molar-refractivity contribution in [2.75, 3.05) is 13.2 Å². The first-order valence-electron chi connectivity index (χ1n) is 9.56. The van der Waals surface area contributed by atoms with Crippen LogP contribution in [0.1, 0.15) is 47.0 Å². The van der Waals surface area contributed by atoms with Crippen molar-refractivity contribution in [1.82, 2.24) is 4.90 Å². The van der Waals surface area contributed by atoms with Gasteiger partial charge in [-0.05, 0) is 55.2 Å². The topological polar surface area (TPSA) is 55.8 Å². The summed E-state index contributed by atoms with van der Waals surface area (Å²) in [4.78, 5) is 26.8. The SMILES string of the molecule is CC(Oc1ccc(Cl)cc1Cl)C(=O)OCC(=O)N1CC2(C)CC1CC(C)(C)C2. The molecule has 2 fully saturated rings. The zero-order valence-corrected chi connectivity index (χ0v) is 18.3. The van der Waals surface area contributed by atoms with Crippen LogP contribution in [0.5, 0.6) is 5.75 Å². The fourth-order valence-corrected chi connectivity index (χ4v) is 5.35. The number of halogens is 2. The van der Waals surface area contributed by atoms with E-state index in [2.05, 4.69) is 20.8 Å². The maximum absolute atomic E-state index is 12.7. The first kappa shape index (κ1) is 21.3. The maximum Gasteiger partial charge on any atom is 0.347 e. The Morgan fingerprint density at radius 1 is 1.25 bits per heavy atom. The van der Waals surface area contributed by atoms with Gasteiger partial charge in [-0.15, -0.1) is 0 Å². The van der Waals surface area contributed by atoms with Gasteiger partial charge in [-0.1, -0.05) is 44.0 Å². The zero-order valence-electron chi connectivity index (χ0n) is 16.8. The Bertz CT molecular complexity index is 782. The van der Waals surface area contributed by atoms with Crippen LogP contribution >= 0.6 is 23.2 Å². The minimum absolute atomic E-state index is 0.142. The Morgan fingerprint density at radius 2 is 1.96 bits per heavy atom. The average molecular weight is 428 g/mol. The molecule has 1 aromatic carbocycles. The molecule has 7 heteroatoms. The molecule has 1 aliphatic carbocycles. The largest absolute Gasteiger partial charge is 0.477 e. The molecule has 1 saturated heterocycles. The van der Waals surface area contributed by atoms with Crippen LogP contribution in [0.4, 0.5) is 0 Å². The summed E-state index contributed by atoms with van der Waals surface area (Å²) in [5.41, 5.74) is 0.372. The predicted molar refractivity (Wildman–Crippen MR) is 109 cm³/mol. The second-order valence-electron chi connectivity index (χ2n) is 9.18. The maximum atomic E-state index is 12.7. The first-order valence-corrected chi connectivity index (χ1v) is 10.3. The standard InChI is InChI=1S/C21H27Cl2NO4/c1-13(28-17-6-5-14(22)7-16(17)23)19(26)27-10-18(25)24-12-21(4)9-15(24)8-20(2,3)11-21/h5-7,13,15H,8-12H2,1-4H3. The summed E-state index contributed by atoms with van der Waals surface area (Å²) >= 11 is 11.9. The lowest BCUT2D eigenvalue weighted by molar-refractivity contribution is -0.157. The average Bonchev–Trinajstić information content (AvgIpc) is 2.83. The first-order chi connectivity index (χ1) is 13.0. The normalized spacial score (nSPS) is 26.6. The van der Waals surface area contributed by atoms with Crippen molar-refractivity contribution >= 4 is 35.1 Å². The number of ether oxygens (including phenoxy) is 2. The second-order valence-corrected chi connectivity index (χ2v) is 10.0. The molecule has 5 nitrogen and oxygen atoms in total. The highest BCUT2D eigenvalue weighted by Gasteiger charge is 2.50. The number of fused-ring (bicyclic) bond motifs is 2. The molecule has 1 aliphatic heterocycles. The van der Waals surface area contributed by atoms with Gasteiger partial charge < -0.3 is 14.4 Å². The van der Waals surface area contributed by atoms with Gasteiger partial charge in [-0.2, -0.15) is 0 Å². The minimum Gasteiger partial charge on any atom is -0.477 e. The van der Waals surface area contributed by atoms with Crippen LogP contribution in [0.2, 0.25) is 10.0 Å². The molecule has 0 spiro atoms. The van der Waals surface area contributed by atoms with Crippen LogP contribution in [-0.4, -0.2) is 42.1 Å². The second kappa shape index (κ2) is 7.75. The van der Waals surface area contributed by atoms with Gasteiger partial charge >= 0.3 is 5.97 Å². The summed E-state index contributed by atoms with van der Waals surface area (Å²) in [6.07, 6.45) is 2.22. The van der Waals surface area contributed by atoms with Gasteiger partial charge in [0, 0.05) is 17.6 Å². The van der Waals surface area contributed by atoms with E-state index < -0.39 is 12.1 Å². The quantitative estimate of drug-likeness (QED) is 0.637. The molecule has 0 aromatic heterocycles. The highest BCUT2D eigenvalue weighted by molar-refractivity contribution is 6.35. The molecule has 154 valence electrons. The van der Waals surface area contributed by atoms with Crippen molar-refractivity contribution in [1.29, 1.82) is 0 Å². The predicted octanol–water partition coefficient (Wildman–Crippen LogP) is 4.73. The Labute approximate surface area is 176 Å². The summed E-state index contributed by atoms with van der Waals surface area (Å²) in [6, 6.07) is 4.97. The Hall–Kier alpha value is -1.46. The molecule has 2 aliphatic rings. The van der Waals surface area contributed by atoms with E-state index in [1.165, 1.54) is 6.07 Å². The molecule has 2 bridgehead atoms. The van der Waals surface area contributed by atoms with Crippen molar-refractivity contribution in [3.05, 3.63) is 28.2 Å². The van der Waals surface area contributed by atoms with Gasteiger partial charge in [-0.25, -0.2) is 4.79 Å². The fraction of sp³-hybridized carbons (Fsp3) is 0.619. The van der Waals surface area contributed by atoms with Crippen LogP contribution < -0.4 is 4.74 Å². The smallest absolute Gasteiger partial charge is 0.347 e. The third-order valence-corrected chi connectivity index (χ3v) is 6.13. The molecule has 1 heterocycles. The van der Waals surface area contributed by atoms with E-state index >= 15 is 0 Å². The molecule has 1 amide bonds. The number of hydrogen-bond donors (Lipinski definition) is 0. The van der Waals surface area contributed by atoms with E-state index in [4.69, 9.17) is 32.7 Å². The summed E-state index contributed by atoms with van der Waals surface area (Å²) in [5, 5.41) is 0.786. The highest BCUT2D eigenvalue weighted by atomic mass is 35.5. The van der Waals surface area contributed by atoms with Gasteiger partial charge in [0.1, 0.15) is 5.75 Å². The van der Waals surface area contributed by atoms with E-state index in [0.29, 0.717) is 15.8 Å². The van der Waals surface area contributed by atoms with E-state index in [1.807, 2.05) is 4.90 Å². The lowest BCUT2D eigenvalue weighted by atomic mass is 9.65. The van der Waals surface area contributed by atoms with Crippen LogP contribution in [0, 0.1) is 10.8 Å². The number of carbonyl (C=O) groups excluding carboxylic acids is 2. The van der Waals surface area contributed by atoms with Crippen molar-refractivity contribution in [3.63, 3.8) is 0 Å². The molecular formula is C21H27Cl2NO4. The molecule has 28 heavy (non-hydrogen) atoms. The van der Waals surface area contributed by atoms with Crippen LogP contribution in [0.15, 0.2) is 18.2 Å². The minimum atomic E-state index is -0.888. The van der Waals surface area contributed by atoms with Gasteiger partial charge in [0.2, 0.25) is 0 Å². The van der Waals surface area contributed by atoms with Gasteiger partial charge in [0.25, 0.3) is 5.91 Å². The number of likely N-dealkylation sites (tertiary alicyclic amines) is 1. The number of nitrogens with zero attached hydrogens (tertiary/aromatic N) is 1. The molecule has 1 aromatic rings. The Morgan fingerprint density at radius 3 is 2.64 bits per heavy atom. The molecule has 3 unspecified atom stereocenters. The van der Waals surface area contributed by atoms with Crippen LogP contribution in [0.25, 0.3) is 0 Å². The number of hydrogen-bond acceptors (Lipinski definition) is 4. The molecule has 3 rings (SSSR count). The van der Waals surface area contributed by atoms with E-state index in [0.717, 1.165) is 25.8 Å². The summed E-state index contributed by atoms with van der Waals surface area (Å²) < 4.78 is 10.8. The Balaban J connectivity index is 1.53. The zero-order chi connectivity index (χ0) is 20.7. The van der Waals surface area contributed by atoms with Crippen molar-refractivity contribution in [2.45, 2.75) is 59.1 Å². The highest BCUT2D eigenvalue weighted by Crippen LogP contribution is 2.52. The summed E-state index contributed by atoms with van der Waals surface area (Å²) in [6.45, 7) is 8.77. The van der Waals surface area contributed by atoms with Crippen molar-refractivity contribution in [2.24, 2.45) is 10.8 Å². The summed E-state index contributed by atoms with van der Waals surface area (Å²) in [5.74, 6) is -0.407. The molecule has 0 radical (unpaired) electrons. The van der Waals surface area contributed by atoms with E-state index in [9.17, 15) is 9.59 Å². The third kappa shape index (κ3) is 4.74. The molecular weight excluding hydrogens is 401 g/mol.